The third-order valence-corrected chi connectivity index (χ3v) is 6.50. The molecule has 0 spiro atoms. The first-order chi connectivity index (χ1) is 12.4. The second-order valence-electron chi connectivity index (χ2n) is 7.85. The summed E-state index contributed by atoms with van der Waals surface area (Å²) in [6, 6.07) is 0. The van der Waals surface area contributed by atoms with Crippen LogP contribution in [0.2, 0.25) is 0 Å². The van der Waals surface area contributed by atoms with Crippen LogP contribution in [0.4, 0.5) is 0 Å². The van der Waals surface area contributed by atoms with Crippen molar-refractivity contribution in [1.29, 1.82) is 0 Å². The van der Waals surface area contributed by atoms with E-state index in [1.165, 1.54) is 51.4 Å². The zero-order valence-corrected chi connectivity index (χ0v) is 18.1. The van der Waals surface area contributed by atoms with E-state index in [-0.39, 0.29) is 6.42 Å². The third kappa shape index (κ3) is 16.1. The van der Waals surface area contributed by atoms with Crippen molar-refractivity contribution >= 4 is 10.1 Å². The Balaban J connectivity index is 3.78. The van der Waals surface area contributed by atoms with E-state index in [9.17, 15) is 18.1 Å². The lowest BCUT2D eigenvalue weighted by Crippen LogP contribution is -2.26. The molecule has 0 aromatic carbocycles. The fourth-order valence-corrected chi connectivity index (χ4v) is 4.41. The molecule has 2 atom stereocenters. The Bertz CT molecular complexity index is 395. The first kappa shape index (κ1) is 25.9. The second kappa shape index (κ2) is 17.0. The standard InChI is InChI=1S/C21H44O4S/c1-3-5-7-8-9-10-11-12-13-14-16-18-21(26(23,24)25)19-20(22)17-15-6-4-2/h20-22H,3-19H2,1-2H3,(H,23,24,25). The molecule has 2 N–H and O–H groups in total. The van der Waals surface area contributed by atoms with E-state index in [0.29, 0.717) is 12.8 Å². The molecule has 4 nitrogen and oxygen atoms in total. The Morgan fingerprint density at radius 2 is 1.04 bits per heavy atom. The molecule has 0 radical (unpaired) electrons. The molecule has 26 heavy (non-hydrogen) atoms. The molecular formula is C21H44O4S. The van der Waals surface area contributed by atoms with E-state index in [1.807, 2.05) is 0 Å². The Kier molecular flexibility index (Phi) is 16.9. The van der Waals surface area contributed by atoms with Crippen LogP contribution >= 0.6 is 0 Å². The minimum atomic E-state index is -4.06. The number of hydrogen-bond donors (Lipinski definition) is 2. The molecule has 0 rings (SSSR count). The van der Waals surface area contributed by atoms with Crippen molar-refractivity contribution in [3.8, 4) is 0 Å². The van der Waals surface area contributed by atoms with Gasteiger partial charge in [0.15, 0.2) is 0 Å². The minimum absolute atomic E-state index is 0.167. The highest BCUT2D eigenvalue weighted by Gasteiger charge is 2.25. The van der Waals surface area contributed by atoms with Gasteiger partial charge in [-0.05, 0) is 19.3 Å². The molecule has 158 valence electrons. The predicted octanol–water partition coefficient (Wildman–Crippen LogP) is 6.28. The van der Waals surface area contributed by atoms with E-state index in [0.717, 1.165) is 38.5 Å². The highest BCUT2D eigenvalue weighted by molar-refractivity contribution is 7.86. The van der Waals surface area contributed by atoms with Crippen LogP contribution in [0.25, 0.3) is 0 Å². The number of unbranched alkanes of at least 4 members (excludes halogenated alkanes) is 12. The van der Waals surface area contributed by atoms with Crippen molar-refractivity contribution < 1.29 is 18.1 Å². The molecule has 0 amide bonds. The quantitative estimate of drug-likeness (QED) is 0.200. The van der Waals surface area contributed by atoms with Crippen LogP contribution in [0.5, 0.6) is 0 Å². The smallest absolute Gasteiger partial charge is 0.267 e. The van der Waals surface area contributed by atoms with E-state index in [1.54, 1.807) is 0 Å². The van der Waals surface area contributed by atoms with Gasteiger partial charge in [-0.25, -0.2) is 0 Å². The minimum Gasteiger partial charge on any atom is -0.393 e. The van der Waals surface area contributed by atoms with Crippen LogP contribution in [0, 0.1) is 0 Å². The van der Waals surface area contributed by atoms with Crippen molar-refractivity contribution in [2.24, 2.45) is 0 Å². The van der Waals surface area contributed by atoms with Crippen LogP contribution in [0.15, 0.2) is 0 Å². The van der Waals surface area contributed by atoms with Gasteiger partial charge in [0, 0.05) is 0 Å². The molecule has 0 aromatic rings. The Morgan fingerprint density at radius 3 is 1.50 bits per heavy atom. The molecule has 0 saturated heterocycles. The fourth-order valence-electron chi connectivity index (χ4n) is 3.48. The highest BCUT2D eigenvalue weighted by Crippen LogP contribution is 2.19. The summed E-state index contributed by atoms with van der Waals surface area (Å²) in [6.45, 7) is 4.33. The molecule has 2 unspecified atom stereocenters. The van der Waals surface area contributed by atoms with Crippen LogP contribution in [-0.4, -0.2) is 29.4 Å². The van der Waals surface area contributed by atoms with E-state index >= 15 is 0 Å². The second-order valence-corrected chi connectivity index (χ2v) is 9.54. The summed E-state index contributed by atoms with van der Waals surface area (Å²) in [7, 11) is -4.06. The van der Waals surface area contributed by atoms with Gasteiger partial charge in [0.1, 0.15) is 0 Å². The average Bonchev–Trinajstić information content (AvgIpc) is 2.58. The normalized spacial score (nSPS) is 14.5. The lowest BCUT2D eigenvalue weighted by Gasteiger charge is -2.18. The van der Waals surface area contributed by atoms with Gasteiger partial charge < -0.3 is 5.11 Å². The number of hydrogen-bond acceptors (Lipinski definition) is 3. The van der Waals surface area contributed by atoms with Gasteiger partial charge in [-0.1, -0.05) is 104 Å². The van der Waals surface area contributed by atoms with Gasteiger partial charge in [-0.3, -0.25) is 4.55 Å². The average molecular weight is 393 g/mol. The number of aliphatic hydroxyl groups excluding tert-OH is 1. The van der Waals surface area contributed by atoms with Crippen molar-refractivity contribution in [2.45, 2.75) is 134 Å². The summed E-state index contributed by atoms with van der Waals surface area (Å²) in [6.07, 6.45) is 17.1. The van der Waals surface area contributed by atoms with Gasteiger partial charge in [0.25, 0.3) is 10.1 Å². The van der Waals surface area contributed by atoms with Crippen molar-refractivity contribution in [3.05, 3.63) is 0 Å². The van der Waals surface area contributed by atoms with Crippen LogP contribution < -0.4 is 0 Å². The molecule has 0 saturated carbocycles. The molecule has 5 heteroatoms. The summed E-state index contributed by atoms with van der Waals surface area (Å²) in [5, 5.41) is 9.20. The Labute approximate surface area is 162 Å². The van der Waals surface area contributed by atoms with Crippen molar-refractivity contribution in [1.82, 2.24) is 0 Å². The molecule has 0 aliphatic heterocycles. The lowest BCUT2D eigenvalue weighted by molar-refractivity contribution is 0.147. The topological polar surface area (TPSA) is 74.6 Å². The Morgan fingerprint density at radius 1 is 0.654 bits per heavy atom. The van der Waals surface area contributed by atoms with Gasteiger partial charge in [0.2, 0.25) is 0 Å². The van der Waals surface area contributed by atoms with Gasteiger partial charge >= 0.3 is 0 Å². The largest absolute Gasteiger partial charge is 0.393 e. The summed E-state index contributed by atoms with van der Waals surface area (Å²) in [4.78, 5) is 0. The van der Waals surface area contributed by atoms with Crippen LogP contribution in [-0.2, 0) is 10.1 Å². The fraction of sp³-hybridized carbons (Fsp3) is 1.00. The van der Waals surface area contributed by atoms with Crippen molar-refractivity contribution in [3.63, 3.8) is 0 Å². The van der Waals surface area contributed by atoms with Gasteiger partial charge in [-0.15, -0.1) is 0 Å². The van der Waals surface area contributed by atoms with Gasteiger partial charge in [-0.2, -0.15) is 8.42 Å². The van der Waals surface area contributed by atoms with E-state index < -0.39 is 21.5 Å². The molecule has 0 aromatic heterocycles. The van der Waals surface area contributed by atoms with E-state index in [4.69, 9.17) is 0 Å². The summed E-state index contributed by atoms with van der Waals surface area (Å²) in [5.41, 5.74) is 0. The zero-order chi connectivity index (χ0) is 19.7. The maximum atomic E-state index is 11.6. The first-order valence-corrected chi connectivity index (χ1v) is 12.6. The number of rotatable bonds is 19. The van der Waals surface area contributed by atoms with Crippen molar-refractivity contribution in [2.75, 3.05) is 0 Å². The van der Waals surface area contributed by atoms with Crippen LogP contribution in [0.1, 0.15) is 123 Å². The molecule has 0 aliphatic carbocycles. The maximum Gasteiger partial charge on any atom is 0.267 e. The summed E-state index contributed by atoms with van der Waals surface area (Å²) in [5.74, 6) is 0. The highest BCUT2D eigenvalue weighted by atomic mass is 32.2. The SMILES string of the molecule is CCCCCCCCCCCCCC(CC(O)CCCCC)S(=O)(=O)O. The lowest BCUT2D eigenvalue weighted by atomic mass is 10.0. The molecule has 0 heterocycles. The predicted molar refractivity (Wildman–Crippen MR) is 111 cm³/mol. The molecule has 0 aliphatic rings. The monoisotopic (exact) mass is 392 g/mol. The molecular weight excluding hydrogens is 348 g/mol. The third-order valence-electron chi connectivity index (χ3n) is 5.23. The maximum absolute atomic E-state index is 11.6. The molecule has 0 bridgehead atoms. The summed E-state index contributed by atoms with van der Waals surface area (Å²) >= 11 is 0. The van der Waals surface area contributed by atoms with E-state index in [2.05, 4.69) is 13.8 Å². The summed E-state index contributed by atoms with van der Waals surface area (Å²) < 4.78 is 32.5. The molecule has 0 fully saturated rings. The first-order valence-electron chi connectivity index (χ1n) is 11.1. The zero-order valence-electron chi connectivity index (χ0n) is 17.3. The van der Waals surface area contributed by atoms with Gasteiger partial charge in [0.05, 0.1) is 11.4 Å². The Hall–Kier alpha value is -0.130. The number of aliphatic hydroxyl groups is 1. The van der Waals surface area contributed by atoms with Crippen LogP contribution in [0.3, 0.4) is 0 Å².